The lowest BCUT2D eigenvalue weighted by atomic mass is 10.3. The van der Waals surface area contributed by atoms with Crippen molar-refractivity contribution in [2.45, 2.75) is 25.9 Å². The van der Waals surface area contributed by atoms with E-state index < -0.39 is 23.9 Å². The standard InChI is InChI=1S/C9H11NO5S/c1-5(11)16-3-2-8(13)15-6-4-7(12)10-9(6)14/h6H,2-4H2,1H3,(H,10,12,14). The molecule has 0 spiro atoms. The summed E-state index contributed by atoms with van der Waals surface area (Å²) in [5, 5.41) is 1.95. The number of esters is 1. The van der Waals surface area contributed by atoms with Crippen molar-refractivity contribution in [3.63, 3.8) is 0 Å². The van der Waals surface area contributed by atoms with E-state index >= 15 is 0 Å². The number of imide groups is 1. The maximum absolute atomic E-state index is 11.2. The molecule has 0 aliphatic carbocycles. The molecule has 1 rings (SSSR count). The highest BCUT2D eigenvalue weighted by Crippen LogP contribution is 2.09. The van der Waals surface area contributed by atoms with Crippen LogP contribution in [0.25, 0.3) is 0 Å². The van der Waals surface area contributed by atoms with Crippen molar-refractivity contribution in [1.82, 2.24) is 5.32 Å². The Hall–Kier alpha value is -1.37. The number of nitrogens with one attached hydrogen (secondary N) is 1. The molecule has 0 radical (unpaired) electrons. The Balaban J connectivity index is 2.26. The fourth-order valence-electron chi connectivity index (χ4n) is 1.12. The Bertz CT molecular complexity index is 341. The molecule has 0 aromatic heterocycles. The lowest BCUT2D eigenvalue weighted by molar-refractivity contribution is -0.153. The number of carbonyl (C=O) groups is 4. The summed E-state index contributed by atoms with van der Waals surface area (Å²) in [5.74, 6) is -1.29. The Labute approximate surface area is 96.1 Å². The van der Waals surface area contributed by atoms with E-state index in [2.05, 4.69) is 0 Å². The summed E-state index contributed by atoms with van der Waals surface area (Å²) < 4.78 is 4.78. The van der Waals surface area contributed by atoms with Crippen LogP contribution in [0.1, 0.15) is 19.8 Å². The zero-order chi connectivity index (χ0) is 12.1. The third-order valence-corrected chi connectivity index (χ3v) is 2.63. The van der Waals surface area contributed by atoms with E-state index in [1.54, 1.807) is 0 Å². The lowest BCUT2D eigenvalue weighted by Crippen LogP contribution is -2.28. The number of rotatable bonds is 4. The predicted molar refractivity (Wildman–Crippen MR) is 55.4 cm³/mol. The van der Waals surface area contributed by atoms with E-state index in [9.17, 15) is 19.2 Å². The van der Waals surface area contributed by atoms with Gasteiger partial charge in [0.05, 0.1) is 12.8 Å². The molecule has 1 unspecified atom stereocenters. The lowest BCUT2D eigenvalue weighted by Gasteiger charge is -2.07. The van der Waals surface area contributed by atoms with Gasteiger partial charge in [-0.05, 0) is 0 Å². The van der Waals surface area contributed by atoms with Gasteiger partial charge >= 0.3 is 5.97 Å². The van der Waals surface area contributed by atoms with Gasteiger partial charge in [-0.25, -0.2) is 0 Å². The third-order valence-electron chi connectivity index (χ3n) is 1.81. The summed E-state index contributed by atoms with van der Waals surface area (Å²) in [6.45, 7) is 1.40. The van der Waals surface area contributed by atoms with Crippen molar-refractivity contribution in [2.24, 2.45) is 0 Å². The number of hydrogen-bond acceptors (Lipinski definition) is 6. The number of thioether (sulfide) groups is 1. The molecule has 6 nitrogen and oxygen atoms in total. The quantitative estimate of drug-likeness (QED) is 0.536. The topological polar surface area (TPSA) is 89.5 Å². The molecule has 16 heavy (non-hydrogen) atoms. The number of carbonyl (C=O) groups excluding carboxylic acids is 4. The first-order valence-electron chi connectivity index (χ1n) is 4.65. The van der Waals surface area contributed by atoms with Crippen LogP contribution in [0.2, 0.25) is 0 Å². The van der Waals surface area contributed by atoms with Gasteiger partial charge in [0.1, 0.15) is 0 Å². The van der Waals surface area contributed by atoms with Gasteiger partial charge in [-0.15, -0.1) is 0 Å². The molecular formula is C9H11NO5S. The van der Waals surface area contributed by atoms with Crippen molar-refractivity contribution in [3.05, 3.63) is 0 Å². The Morgan fingerprint density at radius 2 is 2.19 bits per heavy atom. The average molecular weight is 245 g/mol. The molecule has 1 saturated heterocycles. The highest BCUT2D eigenvalue weighted by molar-refractivity contribution is 8.13. The molecule has 0 bridgehead atoms. The molecule has 1 atom stereocenters. The average Bonchev–Trinajstić information content (AvgIpc) is 2.44. The van der Waals surface area contributed by atoms with Crippen LogP contribution in [0.15, 0.2) is 0 Å². The van der Waals surface area contributed by atoms with Gasteiger partial charge in [0.25, 0.3) is 5.91 Å². The molecule has 1 fully saturated rings. The zero-order valence-electron chi connectivity index (χ0n) is 8.65. The largest absolute Gasteiger partial charge is 0.452 e. The summed E-state index contributed by atoms with van der Waals surface area (Å²) in [6.07, 6.45) is -1.09. The van der Waals surface area contributed by atoms with Crippen LogP contribution in [0.3, 0.4) is 0 Å². The third kappa shape index (κ3) is 4.01. The Morgan fingerprint density at radius 3 is 2.69 bits per heavy atom. The van der Waals surface area contributed by atoms with Gasteiger partial charge in [-0.1, -0.05) is 11.8 Å². The molecule has 1 aliphatic heterocycles. The summed E-state index contributed by atoms with van der Waals surface area (Å²) in [4.78, 5) is 43.6. The van der Waals surface area contributed by atoms with E-state index in [1.807, 2.05) is 5.32 Å². The second kappa shape index (κ2) is 5.64. The minimum absolute atomic E-state index is 0.0439. The number of amides is 2. The maximum Gasteiger partial charge on any atom is 0.307 e. The normalized spacial score (nSPS) is 19.4. The van der Waals surface area contributed by atoms with E-state index in [0.29, 0.717) is 5.75 Å². The minimum Gasteiger partial charge on any atom is -0.452 e. The summed E-state index contributed by atoms with van der Waals surface area (Å²) in [6, 6.07) is 0. The van der Waals surface area contributed by atoms with Gasteiger partial charge in [0, 0.05) is 12.7 Å². The molecule has 0 aromatic rings. The Morgan fingerprint density at radius 1 is 1.50 bits per heavy atom. The predicted octanol–water partition coefficient (Wildman–Crippen LogP) is -0.386. The number of ether oxygens (including phenoxy) is 1. The molecule has 0 aromatic carbocycles. The van der Waals surface area contributed by atoms with E-state index in [4.69, 9.17) is 4.74 Å². The van der Waals surface area contributed by atoms with Gasteiger partial charge in [0.2, 0.25) is 5.91 Å². The van der Waals surface area contributed by atoms with Crippen LogP contribution < -0.4 is 5.32 Å². The van der Waals surface area contributed by atoms with Gasteiger partial charge in [-0.2, -0.15) is 0 Å². The van der Waals surface area contributed by atoms with Crippen LogP contribution in [0.5, 0.6) is 0 Å². The van der Waals surface area contributed by atoms with Crippen LogP contribution in [0, 0.1) is 0 Å². The van der Waals surface area contributed by atoms with Crippen LogP contribution in [0.4, 0.5) is 0 Å². The number of hydrogen-bond donors (Lipinski definition) is 1. The van der Waals surface area contributed by atoms with Crippen molar-refractivity contribution >= 4 is 34.7 Å². The maximum atomic E-state index is 11.2. The van der Waals surface area contributed by atoms with E-state index in [1.165, 1.54) is 6.92 Å². The molecule has 2 amide bonds. The van der Waals surface area contributed by atoms with E-state index in [-0.39, 0.29) is 18.0 Å². The highest BCUT2D eigenvalue weighted by atomic mass is 32.2. The van der Waals surface area contributed by atoms with Gasteiger partial charge < -0.3 is 4.74 Å². The fraction of sp³-hybridized carbons (Fsp3) is 0.556. The van der Waals surface area contributed by atoms with Crippen molar-refractivity contribution in [1.29, 1.82) is 0 Å². The first-order chi connectivity index (χ1) is 7.49. The van der Waals surface area contributed by atoms with Crippen molar-refractivity contribution in [2.75, 3.05) is 5.75 Å². The Kier molecular flexibility index (Phi) is 4.48. The SMILES string of the molecule is CC(=O)SCCC(=O)OC1CC(=O)NC1=O. The second-order valence-corrected chi connectivity index (χ2v) is 4.46. The first kappa shape index (κ1) is 12.7. The van der Waals surface area contributed by atoms with Gasteiger partial charge in [0.15, 0.2) is 11.2 Å². The summed E-state index contributed by atoms with van der Waals surface area (Å²) >= 11 is 1.01. The first-order valence-corrected chi connectivity index (χ1v) is 5.64. The van der Waals surface area contributed by atoms with E-state index in [0.717, 1.165) is 11.8 Å². The van der Waals surface area contributed by atoms with Crippen LogP contribution >= 0.6 is 11.8 Å². The highest BCUT2D eigenvalue weighted by Gasteiger charge is 2.33. The molecular weight excluding hydrogens is 234 g/mol. The molecule has 1 heterocycles. The summed E-state index contributed by atoms with van der Waals surface area (Å²) in [5.41, 5.74) is 0. The van der Waals surface area contributed by atoms with Crippen molar-refractivity contribution in [3.8, 4) is 0 Å². The molecule has 1 N–H and O–H groups in total. The monoisotopic (exact) mass is 245 g/mol. The second-order valence-electron chi connectivity index (χ2n) is 3.19. The molecule has 7 heteroatoms. The summed E-state index contributed by atoms with van der Waals surface area (Å²) in [7, 11) is 0. The smallest absolute Gasteiger partial charge is 0.307 e. The fourth-order valence-corrected chi connectivity index (χ4v) is 1.68. The van der Waals surface area contributed by atoms with Crippen molar-refractivity contribution < 1.29 is 23.9 Å². The minimum atomic E-state index is -1.01. The molecule has 0 saturated carbocycles. The molecule has 1 aliphatic rings. The van der Waals surface area contributed by atoms with Gasteiger partial charge in [-0.3, -0.25) is 24.5 Å². The zero-order valence-corrected chi connectivity index (χ0v) is 9.46. The molecule has 88 valence electrons. The van der Waals surface area contributed by atoms with Crippen LogP contribution in [-0.4, -0.2) is 34.8 Å². The van der Waals surface area contributed by atoms with Crippen LogP contribution in [-0.2, 0) is 23.9 Å².